The zero-order valence-corrected chi connectivity index (χ0v) is 14.9. The van der Waals surface area contributed by atoms with Gasteiger partial charge in [0.25, 0.3) is 5.91 Å². The lowest BCUT2D eigenvalue weighted by molar-refractivity contribution is 0.0998. The average molecular weight is 396 g/mol. The van der Waals surface area contributed by atoms with Gasteiger partial charge in [0, 0.05) is 21.6 Å². The van der Waals surface area contributed by atoms with Gasteiger partial charge in [-0.05, 0) is 49.4 Å². The molecule has 0 unspecified atom stereocenters. The quantitative estimate of drug-likeness (QED) is 0.609. The van der Waals surface area contributed by atoms with Gasteiger partial charge >= 0.3 is 0 Å². The van der Waals surface area contributed by atoms with E-state index in [1.165, 1.54) is 11.3 Å². The molecule has 0 spiro atoms. The fraction of sp³-hybridized carbons (Fsp3) is 0.125. The Morgan fingerprint density at radius 2 is 2.00 bits per heavy atom. The van der Waals surface area contributed by atoms with Crippen molar-refractivity contribution in [3.8, 4) is 0 Å². The average Bonchev–Trinajstić information content (AvgIpc) is 2.83. The van der Waals surface area contributed by atoms with Crippen LogP contribution in [-0.2, 0) is 6.54 Å². The Labute approximate surface area is 145 Å². The lowest BCUT2D eigenvalue weighted by Crippen LogP contribution is -2.15. The molecule has 112 valence electrons. The van der Waals surface area contributed by atoms with E-state index in [4.69, 9.17) is 11.6 Å². The molecule has 2 aromatic carbocycles. The summed E-state index contributed by atoms with van der Waals surface area (Å²) in [6.45, 7) is 2.80. The highest BCUT2D eigenvalue weighted by atomic mass is 79.9. The molecular formula is C16H12BrClN2OS. The second-order valence-electron chi connectivity index (χ2n) is 4.66. The smallest absolute Gasteiger partial charge is 0.279 e. The second-order valence-corrected chi connectivity index (χ2v) is 7.03. The molecule has 3 nitrogen and oxygen atoms in total. The van der Waals surface area contributed by atoms with Gasteiger partial charge < -0.3 is 4.57 Å². The molecule has 0 saturated heterocycles. The van der Waals surface area contributed by atoms with E-state index in [9.17, 15) is 4.79 Å². The number of rotatable bonds is 2. The van der Waals surface area contributed by atoms with Crippen LogP contribution >= 0.6 is 38.9 Å². The van der Waals surface area contributed by atoms with Crippen molar-refractivity contribution < 1.29 is 4.79 Å². The van der Waals surface area contributed by atoms with Crippen molar-refractivity contribution in [1.82, 2.24) is 4.57 Å². The van der Waals surface area contributed by atoms with Crippen LogP contribution in [0.15, 0.2) is 51.9 Å². The highest BCUT2D eigenvalue weighted by molar-refractivity contribution is 9.10. The number of hydrogen-bond acceptors (Lipinski definition) is 2. The standard InChI is InChI=1S/C16H12BrClN2OS/c1-2-20-13-8-5-11(17)9-14(13)22-16(20)19-15(21)10-3-6-12(18)7-4-10/h3-9H,2H2,1H3. The van der Waals surface area contributed by atoms with Gasteiger partial charge in [-0.25, -0.2) is 0 Å². The molecular weight excluding hydrogens is 384 g/mol. The molecule has 0 aliphatic carbocycles. The van der Waals surface area contributed by atoms with Crippen molar-refractivity contribution in [3.63, 3.8) is 0 Å². The SMILES string of the molecule is CCn1c(=NC(=O)c2ccc(Cl)cc2)sc2cc(Br)ccc21. The fourth-order valence-corrected chi connectivity index (χ4v) is 3.95. The maximum absolute atomic E-state index is 12.3. The first-order chi connectivity index (χ1) is 10.6. The summed E-state index contributed by atoms with van der Waals surface area (Å²) in [5.41, 5.74) is 1.61. The van der Waals surface area contributed by atoms with Crippen LogP contribution in [0.5, 0.6) is 0 Å². The van der Waals surface area contributed by atoms with E-state index >= 15 is 0 Å². The van der Waals surface area contributed by atoms with Gasteiger partial charge in [-0.3, -0.25) is 4.79 Å². The van der Waals surface area contributed by atoms with Gasteiger partial charge in [0.1, 0.15) is 0 Å². The first-order valence-electron chi connectivity index (χ1n) is 6.72. The molecule has 3 aromatic rings. The predicted octanol–water partition coefficient (Wildman–Crippen LogP) is 4.88. The number of fused-ring (bicyclic) bond motifs is 1. The fourth-order valence-electron chi connectivity index (χ4n) is 2.18. The summed E-state index contributed by atoms with van der Waals surface area (Å²) in [4.78, 5) is 17.3. The van der Waals surface area contributed by atoms with Crippen molar-refractivity contribution in [3.05, 3.63) is 62.3 Å². The largest absolute Gasteiger partial charge is 0.317 e. The van der Waals surface area contributed by atoms with E-state index in [-0.39, 0.29) is 5.91 Å². The lowest BCUT2D eigenvalue weighted by Gasteiger charge is -2.00. The van der Waals surface area contributed by atoms with E-state index in [1.807, 2.05) is 29.7 Å². The van der Waals surface area contributed by atoms with Crippen LogP contribution < -0.4 is 4.80 Å². The Kier molecular flexibility index (Phi) is 4.47. The first-order valence-corrected chi connectivity index (χ1v) is 8.70. The Hall–Kier alpha value is -1.43. The van der Waals surface area contributed by atoms with Crippen molar-refractivity contribution in [2.75, 3.05) is 0 Å². The minimum atomic E-state index is -0.260. The molecule has 6 heteroatoms. The molecule has 0 saturated carbocycles. The van der Waals surface area contributed by atoms with E-state index in [0.717, 1.165) is 21.2 Å². The van der Waals surface area contributed by atoms with E-state index < -0.39 is 0 Å². The van der Waals surface area contributed by atoms with Gasteiger partial charge in [0.15, 0.2) is 4.80 Å². The monoisotopic (exact) mass is 394 g/mol. The predicted molar refractivity (Wildman–Crippen MR) is 94.5 cm³/mol. The zero-order valence-electron chi connectivity index (χ0n) is 11.7. The number of thiazole rings is 1. The highest BCUT2D eigenvalue weighted by Gasteiger charge is 2.08. The van der Waals surface area contributed by atoms with E-state index in [2.05, 4.69) is 20.9 Å². The molecule has 3 rings (SSSR count). The number of aromatic nitrogens is 1. The topological polar surface area (TPSA) is 34.4 Å². The highest BCUT2D eigenvalue weighted by Crippen LogP contribution is 2.22. The number of hydrogen-bond donors (Lipinski definition) is 0. The Morgan fingerprint density at radius 3 is 2.68 bits per heavy atom. The van der Waals surface area contributed by atoms with Gasteiger partial charge in [-0.1, -0.05) is 38.9 Å². The molecule has 0 aliphatic rings. The molecule has 0 atom stereocenters. The zero-order chi connectivity index (χ0) is 15.7. The summed E-state index contributed by atoms with van der Waals surface area (Å²) in [7, 11) is 0. The molecule has 1 heterocycles. The van der Waals surface area contributed by atoms with Crippen LogP contribution in [0.2, 0.25) is 5.02 Å². The molecule has 0 aliphatic heterocycles. The van der Waals surface area contributed by atoms with Crippen LogP contribution in [0.3, 0.4) is 0 Å². The molecule has 1 aromatic heterocycles. The summed E-state index contributed by atoms with van der Waals surface area (Å²) < 4.78 is 4.15. The Morgan fingerprint density at radius 1 is 1.27 bits per heavy atom. The van der Waals surface area contributed by atoms with Gasteiger partial charge in [0.2, 0.25) is 0 Å². The number of halogens is 2. The van der Waals surface area contributed by atoms with Crippen molar-refractivity contribution >= 4 is 55.0 Å². The molecule has 0 radical (unpaired) electrons. The van der Waals surface area contributed by atoms with E-state index in [0.29, 0.717) is 15.4 Å². The van der Waals surface area contributed by atoms with Crippen LogP contribution in [-0.4, -0.2) is 10.5 Å². The van der Waals surface area contributed by atoms with Crippen LogP contribution in [0.1, 0.15) is 17.3 Å². The third-order valence-electron chi connectivity index (χ3n) is 3.25. The van der Waals surface area contributed by atoms with E-state index in [1.54, 1.807) is 24.3 Å². The number of amides is 1. The van der Waals surface area contributed by atoms with Crippen molar-refractivity contribution in [2.45, 2.75) is 13.5 Å². The van der Waals surface area contributed by atoms with Crippen LogP contribution in [0.4, 0.5) is 0 Å². The van der Waals surface area contributed by atoms with Gasteiger partial charge in [-0.2, -0.15) is 4.99 Å². The maximum Gasteiger partial charge on any atom is 0.279 e. The third kappa shape index (κ3) is 3.02. The molecule has 22 heavy (non-hydrogen) atoms. The van der Waals surface area contributed by atoms with Crippen molar-refractivity contribution in [2.24, 2.45) is 4.99 Å². The Balaban J connectivity index is 2.12. The molecule has 0 fully saturated rings. The van der Waals surface area contributed by atoms with Crippen molar-refractivity contribution in [1.29, 1.82) is 0 Å². The Bertz CT molecular complexity index is 912. The summed E-state index contributed by atoms with van der Waals surface area (Å²) in [6, 6.07) is 12.8. The second kappa shape index (κ2) is 6.36. The molecule has 1 amide bonds. The van der Waals surface area contributed by atoms with Crippen LogP contribution in [0.25, 0.3) is 10.2 Å². The number of benzene rings is 2. The van der Waals surface area contributed by atoms with Gasteiger partial charge in [0.05, 0.1) is 10.2 Å². The normalized spacial score (nSPS) is 12.0. The summed E-state index contributed by atoms with van der Waals surface area (Å²) >= 11 is 10.8. The third-order valence-corrected chi connectivity index (χ3v) is 5.04. The molecule has 0 bridgehead atoms. The lowest BCUT2D eigenvalue weighted by atomic mass is 10.2. The molecule has 0 N–H and O–H groups in total. The maximum atomic E-state index is 12.3. The number of aryl methyl sites for hydroxylation is 1. The number of carbonyl (C=O) groups is 1. The number of carbonyl (C=O) groups excluding carboxylic acids is 1. The first kappa shape index (κ1) is 15.5. The summed E-state index contributed by atoms with van der Waals surface area (Å²) in [5, 5.41) is 0.604. The minimum Gasteiger partial charge on any atom is -0.317 e. The summed E-state index contributed by atoms with van der Waals surface area (Å²) in [6.07, 6.45) is 0. The van der Waals surface area contributed by atoms with Gasteiger partial charge in [-0.15, -0.1) is 0 Å². The van der Waals surface area contributed by atoms with Crippen LogP contribution in [0, 0.1) is 0 Å². The number of nitrogens with zero attached hydrogens (tertiary/aromatic N) is 2. The summed E-state index contributed by atoms with van der Waals surface area (Å²) in [5.74, 6) is -0.260. The minimum absolute atomic E-state index is 0.260.